The Morgan fingerprint density at radius 1 is 1.23 bits per heavy atom. The van der Waals surface area contributed by atoms with Gasteiger partial charge in [0.1, 0.15) is 17.8 Å². The molecular weight excluding hydrogens is 586 g/mol. The fraction of sp³-hybridized carbons (Fsp3) is 0.464. The van der Waals surface area contributed by atoms with Gasteiger partial charge in [-0.3, -0.25) is 4.57 Å². The summed E-state index contributed by atoms with van der Waals surface area (Å²) in [6.07, 6.45) is -2.89. The van der Waals surface area contributed by atoms with Crippen LogP contribution in [0.25, 0.3) is 11.2 Å². The number of ether oxygens (including phenoxy) is 2. The molecule has 2 fully saturated rings. The summed E-state index contributed by atoms with van der Waals surface area (Å²) in [4.78, 5) is 39.6. The highest BCUT2D eigenvalue weighted by Gasteiger charge is 2.58. The Kier molecular flexibility index (Phi) is 8.44. The van der Waals surface area contributed by atoms with Crippen molar-refractivity contribution in [3.63, 3.8) is 0 Å². The zero-order valence-electron chi connectivity index (χ0n) is 23.2. The lowest BCUT2D eigenvalue weighted by atomic mass is 9.85. The molecule has 1 aromatic carbocycles. The van der Waals surface area contributed by atoms with E-state index in [9.17, 15) is 35.1 Å². The third kappa shape index (κ3) is 5.34. The fourth-order valence-corrected chi connectivity index (χ4v) is 5.80. The van der Waals surface area contributed by atoms with Gasteiger partial charge in [0.2, 0.25) is 5.28 Å². The van der Waals surface area contributed by atoms with Crippen molar-refractivity contribution in [1.82, 2.24) is 19.5 Å². The maximum Gasteiger partial charge on any atom is 0.348 e. The summed E-state index contributed by atoms with van der Waals surface area (Å²) in [5.74, 6) is -3.01. The molecule has 2 saturated heterocycles. The van der Waals surface area contributed by atoms with E-state index >= 15 is 0 Å². The molecule has 5 atom stereocenters. The molecule has 2 aliphatic heterocycles. The minimum Gasteiger partial charge on any atom is -0.479 e. The second-order valence-electron chi connectivity index (χ2n) is 10.9. The average molecular weight is 618 g/mol. The van der Waals surface area contributed by atoms with Gasteiger partial charge < -0.3 is 39.9 Å². The summed E-state index contributed by atoms with van der Waals surface area (Å²) in [5, 5.41) is 52.5. The van der Waals surface area contributed by atoms with E-state index in [0.717, 1.165) is 6.42 Å². The van der Waals surface area contributed by atoms with Crippen LogP contribution in [0.2, 0.25) is 5.28 Å². The van der Waals surface area contributed by atoms with Crippen molar-refractivity contribution in [3.05, 3.63) is 59.7 Å². The first-order valence-electron chi connectivity index (χ1n) is 13.5. The van der Waals surface area contributed by atoms with Gasteiger partial charge in [-0.15, -0.1) is 0 Å². The molecule has 3 aromatic rings. The molecule has 4 heterocycles. The van der Waals surface area contributed by atoms with Crippen molar-refractivity contribution >= 4 is 40.5 Å². The second kappa shape index (κ2) is 11.8. The molecule has 0 amide bonds. The number of benzene rings is 1. The van der Waals surface area contributed by atoms with E-state index in [1.807, 2.05) is 4.90 Å². The fourth-order valence-electron chi connectivity index (χ4n) is 5.64. The van der Waals surface area contributed by atoms with E-state index in [1.165, 1.54) is 17.8 Å². The summed E-state index contributed by atoms with van der Waals surface area (Å²) >= 11 is 6.27. The predicted molar refractivity (Wildman–Crippen MR) is 152 cm³/mol. The third-order valence-electron chi connectivity index (χ3n) is 8.16. The van der Waals surface area contributed by atoms with E-state index < -0.39 is 54.6 Å². The minimum atomic E-state index is -2.72. The largest absolute Gasteiger partial charge is 0.479 e. The van der Waals surface area contributed by atoms with Crippen LogP contribution in [0.15, 0.2) is 48.8 Å². The molecule has 0 unspecified atom stereocenters. The van der Waals surface area contributed by atoms with Gasteiger partial charge in [-0.25, -0.2) is 14.6 Å². The average Bonchev–Trinajstić information content (AvgIpc) is 3.68. The number of carbonyl (C=O) groups is 2. The molecule has 230 valence electrons. The van der Waals surface area contributed by atoms with Gasteiger partial charge in [0.25, 0.3) is 5.60 Å². The number of imidazole rings is 1. The number of hydrogen-bond acceptors (Lipinski definition) is 11. The van der Waals surface area contributed by atoms with E-state index in [4.69, 9.17) is 21.1 Å². The number of carboxylic acid groups (broad SMARTS) is 2. The molecule has 0 spiro atoms. The number of aromatic nitrogens is 4. The zero-order chi connectivity index (χ0) is 31.1. The number of fused-ring (bicyclic) bond motifs is 1. The molecule has 0 aliphatic carbocycles. The maximum absolute atomic E-state index is 12.3. The number of anilines is 1. The van der Waals surface area contributed by atoms with Gasteiger partial charge in [0, 0.05) is 32.0 Å². The van der Waals surface area contributed by atoms with Crippen LogP contribution >= 0.6 is 11.6 Å². The van der Waals surface area contributed by atoms with Gasteiger partial charge >= 0.3 is 11.9 Å². The minimum absolute atomic E-state index is 0.0222. The van der Waals surface area contributed by atoms with E-state index in [1.54, 1.807) is 30.3 Å². The standard InChI is InChI=1S/C28H32ClN5O9/c1-15(2)28(41)18(13-42-27(24(37)38,25(39)40)10-16-6-4-3-5-7-16)43-23(20(28)36)34-14-30-19-21(31-26(29)32-22(19)34)33-9-8-17(11-33)12-35/h3-7,14,17-18,20,23,35-36,41H,1,8-13H2,2H3,(H,37,38)(H,39,40)/t17-,18+,20-,23+,28+/m0/s1. The molecule has 0 bridgehead atoms. The van der Waals surface area contributed by atoms with E-state index in [2.05, 4.69) is 21.5 Å². The molecule has 14 nitrogen and oxygen atoms in total. The van der Waals surface area contributed by atoms with Crippen molar-refractivity contribution < 1.29 is 44.6 Å². The topological polar surface area (TPSA) is 201 Å². The van der Waals surface area contributed by atoms with Crippen molar-refractivity contribution in [2.75, 3.05) is 31.2 Å². The lowest BCUT2D eigenvalue weighted by Gasteiger charge is -2.33. The molecule has 5 rings (SSSR count). The number of aliphatic hydroxyl groups excluding tert-OH is 2. The highest BCUT2D eigenvalue weighted by atomic mass is 35.5. The third-order valence-corrected chi connectivity index (χ3v) is 8.33. The van der Waals surface area contributed by atoms with Crippen LogP contribution in [0.4, 0.5) is 5.82 Å². The number of aliphatic carboxylic acids is 2. The molecule has 43 heavy (non-hydrogen) atoms. The Balaban J connectivity index is 1.47. The van der Waals surface area contributed by atoms with Gasteiger partial charge in [0.05, 0.1) is 12.9 Å². The number of halogens is 1. The van der Waals surface area contributed by atoms with Crippen molar-refractivity contribution in [2.45, 2.75) is 49.4 Å². The first-order chi connectivity index (χ1) is 20.4. The van der Waals surface area contributed by atoms with Crippen LogP contribution in [0.5, 0.6) is 0 Å². The summed E-state index contributed by atoms with van der Waals surface area (Å²) in [6.45, 7) is 5.66. The predicted octanol–water partition coefficient (Wildman–Crippen LogP) is 1.03. The van der Waals surface area contributed by atoms with Crippen LogP contribution in [0.3, 0.4) is 0 Å². The number of rotatable bonds is 11. The zero-order valence-corrected chi connectivity index (χ0v) is 24.0. The van der Waals surface area contributed by atoms with E-state index in [-0.39, 0.29) is 29.0 Å². The highest BCUT2D eigenvalue weighted by molar-refractivity contribution is 6.28. The molecular formula is C28H32ClN5O9. The van der Waals surface area contributed by atoms with Gasteiger partial charge in [0.15, 0.2) is 23.2 Å². The Hall–Kier alpha value is -3.66. The molecule has 2 aliphatic rings. The highest BCUT2D eigenvalue weighted by Crippen LogP contribution is 2.43. The second-order valence-corrected chi connectivity index (χ2v) is 11.2. The first kappa shape index (κ1) is 30.8. The van der Waals surface area contributed by atoms with Crippen molar-refractivity contribution in [3.8, 4) is 0 Å². The van der Waals surface area contributed by atoms with Gasteiger partial charge in [-0.2, -0.15) is 9.97 Å². The summed E-state index contributed by atoms with van der Waals surface area (Å²) in [7, 11) is 0. The molecule has 5 N–H and O–H groups in total. The van der Waals surface area contributed by atoms with Crippen LogP contribution in [0, 0.1) is 5.92 Å². The summed E-state index contributed by atoms with van der Waals surface area (Å²) in [5.41, 5.74) is -3.90. The molecule has 2 aromatic heterocycles. The summed E-state index contributed by atoms with van der Waals surface area (Å²) < 4.78 is 13.0. The van der Waals surface area contributed by atoms with Crippen LogP contribution in [0.1, 0.15) is 25.1 Å². The quantitative estimate of drug-likeness (QED) is 0.116. The lowest BCUT2D eigenvalue weighted by Crippen LogP contribution is -2.55. The van der Waals surface area contributed by atoms with Crippen LogP contribution in [-0.4, -0.2) is 107 Å². The number of hydrogen-bond donors (Lipinski definition) is 5. The Morgan fingerprint density at radius 3 is 2.53 bits per heavy atom. The Morgan fingerprint density at radius 2 is 1.93 bits per heavy atom. The molecule has 0 saturated carbocycles. The van der Waals surface area contributed by atoms with Crippen molar-refractivity contribution in [1.29, 1.82) is 0 Å². The summed E-state index contributed by atoms with van der Waals surface area (Å²) in [6, 6.07) is 8.10. The van der Waals surface area contributed by atoms with Crippen molar-refractivity contribution in [2.24, 2.45) is 5.92 Å². The lowest BCUT2D eigenvalue weighted by molar-refractivity contribution is -0.191. The SMILES string of the molecule is C=C(C)[C@@]1(O)[C@@H](COC(Cc2ccccc2)(C(=O)O)C(=O)O)O[C@@H](n2cnc3c(N4CC[C@H](CO)C4)nc(Cl)nc32)[C@@H]1O. The van der Waals surface area contributed by atoms with E-state index in [0.29, 0.717) is 30.0 Å². The monoisotopic (exact) mass is 617 g/mol. The normalized spacial score (nSPS) is 25.8. The number of nitrogens with zero attached hydrogens (tertiary/aromatic N) is 5. The maximum atomic E-state index is 12.3. The Bertz CT molecular complexity index is 1520. The molecule has 15 heteroatoms. The van der Waals surface area contributed by atoms with Crippen LogP contribution < -0.4 is 4.90 Å². The van der Waals surface area contributed by atoms with Gasteiger partial charge in [-0.05, 0) is 36.1 Å². The molecule has 0 radical (unpaired) electrons. The smallest absolute Gasteiger partial charge is 0.348 e. The van der Waals surface area contributed by atoms with Crippen LogP contribution in [-0.2, 0) is 25.5 Å². The number of carboxylic acids is 2. The first-order valence-corrected chi connectivity index (χ1v) is 13.9. The Labute approximate surface area is 250 Å². The number of aliphatic hydroxyl groups is 3. The van der Waals surface area contributed by atoms with Gasteiger partial charge in [-0.1, -0.05) is 36.9 Å².